The lowest BCUT2D eigenvalue weighted by Gasteiger charge is -2.21. The van der Waals surface area contributed by atoms with Gasteiger partial charge in [-0.15, -0.1) is 10.2 Å². The van der Waals surface area contributed by atoms with Crippen LogP contribution < -0.4 is 5.32 Å². The number of pyridine rings is 1. The maximum atomic E-state index is 14.5. The van der Waals surface area contributed by atoms with Gasteiger partial charge in [0.1, 0.15) is 35.3 Å². The van der Waals surface area contributed by atoms with Crippen LogP contribution in [-0.4, -0.2) is 32.4 Å². The van der Waals surface area contributed by atoms with E-state index in [-0.39, 0.29) is 12.1 Å². The number of aromatic nitrogens is 4. The molecule has 0 bridgehead atoms. The SMILES string of the molecule is CC(Nc1c(-c2c(F)cc(F)cc2F)c(F)nc2nncnc12)C(F)(F)F. The van der Waals surface area contributed by atoms with Gasteiger partial charge in [-0.25, -0.2) is 18.2 Å². The standard InChI is InChI=1S/C15H8F7N5/c1-5(15(20,21)22)25-11-10(9-7(17)2-6(16)3-8(9)18)13(19)26-14-12(11)23-4-24-27-14/h2-5H,1H3,(H,25,26,27). The first-order valence-electron chi connectivity index (χ1n) is 7.24. The minimum atomic E-state index is -4.77. The number of hydrogen-bond acceptors (Lipinski definition) is 5. The Labute approximate surface area is 146 Å². The van der Waals surface area contributed by atoms with Gasteiger partial charge >= 0.3 is 6.18 Å². The highest BCUT2D eigenvalue weighted by Crippen LogP contribution is 2.39. The number of nitrogens with zero attached hydrogens (tertiary/aromatic N) is 4. The molecule has 0 aliphatic heterocycles. The van der Waals surface area contributed by atoms with Gasteiger partial charge in [0.05, 0.1) is 16.8 Å². The molecule has 0 aliphatic carbocycles. The van der Waals surface area contributed by atoms with Crippen molar-refractivity contribution in [2.75, 3.05) is 5.32 Å². The fourth-order valence-corrected chi connectivity index (χ4v) is 2.34. The minimum Gasteiger partial charge on any atom is -0.372 e. The Morgan fingerprint density at radius 2 is 1.63 bits per heavy atom. The molecular weight excluding hydrogens is 383 g/mol. The van der Waals surface area contributed by atoms with E-state index in [2.05, 4.69) is 20.2 Å². The summed E-state index contributed by atoms with van der Waals surface area (Å²) >= 11 is 0. The molecule has 12 heteroatoms. The van der Waals surface area contributed by atoms with Gasteiger partial charge < -0.3 is 5.32 Å². The summed E-state index contributed by atoms with van der Waals surface area (Å²) in [5.74, 6) is -5.88. The van der Waals surface area contributed by atoms with Gasteiger partial charge in [-0.1, -0.05) is 0 Å². The largest absolute Gasteiger partial charge is 0.408 e. The fraction of sp³-hybridized carbons (Fsp3) is 0.200. The van der Waals surface area contributed by atoms with Crippen LogP contribution in [-0.2, 0) is 0 Å². The molecule has 2 aromatic heterocycles. The van der Waals surface area contributed by atoms with Crippen molar-refractivity contribution in [3.8, 4) is 11.1 Å². The smallest absolute Gasteiger partial charge is 0.372 e. The van der Waals surface area contributed by atoms with E-state index in [1.54, 1.807) is 0 Å². The van der Waals surface area contributed by atoms with Crippen molar-refractivity contribution in [1.29, 1.82) is 0 Å². The van der Waals surface area contributed by atoms with Crippen molar-refractivity contribution in [3.63, 3.8) is 0 Å². The van der Waals surface area contributed by atoms with Crippen LogP contribution in [0.5, 0.6) is 0 Å². The highest BCUT2D eigenvalue weighted by Gasteiger charge is 2.37. The zero-order valence-corrected chi connectivity index (χ0v) is 13.2. The maximum absolute atomic E-state index is 14.5. The first-order valence-corrected chi connectivity index (χ1v) is 7.24. The predicted molar refractivity (Wildman–Crippen MR) is 79.5 cm³/mol. The summed E-state index contributed by atoms with van der Waals surface area (Å²) in [6.07, 6.45) is -3.93. The summed E-state index contributed by atoms with van der Waals surface area (Å²) in [6, 6.07) is -1.73. The predicted octanol–water partition coefficient (Wildman–Crippen LogP) is 4.01. The third-order valence-corrected chi connectivity index (χ3v) is 3.61. The lowest BCUT2D eigenvalue weighted by atomic mass is 10.0. The molecule has 3 rings (SSSR count). The van der Waals surface area contributed by atoms with E-state index in [9.17, 15) is 30.7 Å². The molecule has 0 spiro atoms. The van der Waals surface area contributed by atoms with Crippen LogP contribution in [0.2, 0.25) is 0 Å². The molecule has 2 heterocycles. The number of anilines is 1. The second-order valence-electron chi connectivity index (χ2n) is 5.44. The molecular formula is C15H8F7N5. The number of fused-ring (bicyclic) bond motifs is 1. The van der Waals surface area contributed by atoms with Gasteiger partial charge in [-0.3, -0.25) is 0 Å². The van der Waals surface area contributed by atoms with E-state index in [1.165, 1.54) is 0 Å². The van der Waals surface area contributed by atoms with E-state index < -0.39 is 63.6 Å². The van der Waals surface area contributed by atoms with Gasteiger partial charge in [0.2, 0.25) is 11.6 Å². The van der Waals surface area contributed by atoms with Crippen molar-refractivity contribution in [1.82, 2.24) is 20.2 Å². The molecule has 3 aromatic rings. The van der Waals surface area contributed by atoms with E-state index in [0.29, 0.717) is 6.92 Å². The van der Waals surface area contributed by atoms with Crippen molar-refractivity contribution in [2.24, 2.45) is 0 Å². The zero-order chi connectivity index (χ0) is 19.9. The van der Waals surface area contributed by atoms with Crippen molar-refractivity contribution >= 4 is 16.9 Å². The van der Waals surface area contributed by atoms with Gasteiger partial charge in [-0.2, -0.15) is 22.5 Å². The molecule has 142 valence electrons. The summed E-state index contributed by atoms with van der Waals surface area (Å²) in [5, 5.41) is 8.71. The monoisotopic (exact) mass is 391 g/mol. The highest BCUT2D eigenvalue weighted by atomic mass is 19.4. The average Bonchev–Trinajstić information content (AvgIpc) is 2.55. The minimum absolute atomic E-state index is 0.261. The first-order chi connectivity index (χ1) is 12.6. The lowest BCUT2D eigenvalue weighted by molar-refractivity contribution is -0.138. The number of rotatable bonds is 3. The molecule has 0 saturated carbocycles. The van der Waals surface area contributed by atoms with Crippen LogP contribution in [0.25, 0.3) is 22.3 Å². The summed E-state index contributed by atoms with van der Waals surface area (Å²) in [7, 11) is 0. The molecule has 0 saturated heterocycles. The fourth-order valence-electron chi connectivity index (χ4n) is 2.34. The third kappa shape index (κ3) is 3.46. The molecule has 1 atom stereocenters. The number of benzene rings is 1. The number of alkyl halides is 3. The normalized spacial score (nSPS) is 13.0. The van der Waals surface area contributed by atoms with Crippen LogP contribution in [0.3, 0.4) is 0 Å². The first kappa shape index (κ1) is 18.7. The van der Waals surface area contributed by atoms with Crippen molar-refractivity contribution in [3.05, 3.63) is 41.9 Å². The molecule has 27 heavy (non-hydrogen) atoms. The quantitative estimate of drug-likeness (QED) is 0.540. The van der Waals surface area contributed by atoms with Crippen LogP contribution in [0.15, 0.2) is 18.5 Å². The van der Waals surface area contributed by atoms with Crippen molar-refractivity contribution < 1.29 is 30.7 Å². The van der Waals surface area contributed by atoms with Gasteiger partial charge in [-0.05, 0) is 6.92 Å². The van der Waals surface area contributed by atoms with Crippen LogP contribution >= 0.6 is 0 Å². The molecule has 0 radical (unpaired) electrons. The third-order valence-electron chi connectivity index (χ3n) is 3.61. The maximum Gasteiger partial charge on any atom is 0.408 e. The molecule has 1 aromatic carbocycles. The lowest BCUT2D eigenvalue weighted by Crippen LogP contribution is -2.33. The molecule has 0 amide bonds. The summed E-state index contributed by atoms with van der Waals surface area (Å²) in [6.45, 7) is 0.708. The Balaban J connectivity index is 2.36. The Morgan fingerprint density at radius 1 is 1.00 bits per heavy atom. The Kier molecular flexibility index (Phi) is 4.57. The molecule has 0 fully saturated rings. The van der Waals surface area contributed by atoms with Gasteiger partial charge in [0.15, 0.2) is 0 Å². The molecule has 0 aliphatic rings. The van der Waals surface area contributed by atoms with E-state index in [4.69, 9.17) is 0 Å². The Bertz CT molecular complexity index is 998. The van der Waals surface area contributed by atoms with E-state index >= 15 is 0 Å². The summed E-state index contributed by atoms with van der Waals surface area (Å²) < 4.78 is 94.9. The topological polar surface area (TPSA) is 63.6 Å². The van der Waals surface area contributed by atoms with Gasteiger partial charge in [0.25, 0.3) is 0 Å². The number of nitrogens with one attached hydrogen (secondary N) is 1. The van der Waals surface area contributed by atoms with Crippen LogP contribution in [0.1, 0.15) is 6.92 Å². The van der Waals surface area contributed by atoms with E-state index in [1.807, 2.05) is 5.32 Å². The highest BCUT2D eigenvalue weighted by molar-refractivity contribution is 5.95. The van der Waals surface area contributed by atoms with Crippen molar-refractivity contribution in [2.45, 2.75) is 19.1 Å². The van der Waals surface area contributed by atoms with Gasteiger partial charge in [0, 0.05) is 12.1 Å². The molecule has 1 N–H and O–H groups in total. The Hall–Kier alpha value is -3.05. The molecule has 1 unspecified atom stereocenters. The zero-order valence-electron chi connectivity index (χ0n) is 13.2. The van der Waals surface area contributed by atoms with Crippen LogP contribution in [0, 0.1) is 23.4 Å². The second-order valence-corrected chi connectivity index (χ2v) is 5.44. The Morgan fingerprint density at radius 3 is 2.22 bits per heavy atom. The average molecular weight is 391 g/mol. The van der Waals surface area contributed by atoms with E-state index in [0.717, 1.165) is 6.33 Å². The second kappa shape index (κ2) is 6.59. The summed E-state index contributed by atoms with van der Waals surface area (Å²) in [4.78, 5) is 7.00. The molecule has 5 nitrogen and oxygen atoms in total. The van der Waals surface area contributed by atoms with Crippen LogP contribution in [0.4, 0.5) is 36.4 Å². The number of halogens is 7. The number of hydrogen-bond donors (Lipinski definition) is 1. The summed E-state index contributed by atoms with van der Waals surface area (Å²) in [5.41, 5.74) is -3.67.